The van der Waals surface area contributed by atoms with Crippen LogP contribution in [0.2, 0.25) is 0 Å². The Kier molecular flexibility index (Phi) is 5.67. The Labute approximate surface area is 190 Å². The van der Waals surface area contributed by atoms with Gasteiger partial charge in [-0.15, -0.1) is 0 Å². The van der Waals surface area contributed by atoms with Gasteiger partial charge in [0.2, 0.25) is 0 Å². The van der Waals surface area contributed by atoms with Crippen molar-refractivity contribution in [3.05, 3.63) is 58.9 Å². The van der Waals surface area contributed by atoms with Crippen LogP contribution in [-0.2, 0) is 26.1 Å². The molecule has 2 aromatic heterocycles. The standard InChI is InChI=1S/C23H25N5O3S/c1-4-14-5-6-18(29-2)21(9-14)32-27-23-22-19(30-3)7-15(8-20(22)31-26-23)13-28-17-12-24-10-16(17)11-25-28/h5-9,11,24H,4,10,12-13H2,1-3H3,(H,26,27). The molecule has 0 spiro atoms. The van der Waals surface area contributed by atoms with Gasteiger partial charge in [0.1, 0.15) is 16.9 Å². The largest absolute Gasteiger partial charge is 0.496 e. The van der Waals surface area contributed by atoms with Crippen LogP contribution in [0.4, 0.5) is 5.82 Å². The smallest absolute Gasteiger partial charge is 0.191 e. The normalized spacial score (nSPS) is 12.8. The second kappa shape index (κ2) is 8.76. The summed E-state index contributed by atoms with van der Waals surface area (Å²) in [6, 6.07) is 10.2. The van der Waals surface area contributed by atoms with Gasteiger partial charge in [0.25, 0.3) is 0 Å². The molecular weight excluding hydrogens is 426 g/mol. The van der Waals surface area contributed by atoms with Crippen molar-refractivity contribution in [2.75, 3.05) is 18.9 Å². The van der Waals surface area contributed by atoms with Crippen LogP contribution in [-0.4, -0.2) is 29.2 Å². The van der Waals surface area contributed by atoms with Gasteiger partial charge < -0.3 is 24.0 Å². The van der Waals surface area contributed by atoms with Crippen molar-refractivity contribution in [3.63, 3.8) is 0 Å². The summed E-state index contributed by atoms with van der Waals surface area (Å²) in [5.74, 6) is 2.13. The van der Waals surface area contributed by atoms with Gasteiger partial charge in [0, 0.05) is 18.7 Å². The van der Waals surface area contributed by atoms with Crippen LogP contribution in [0.1, 0.15) is 29.3 Å². The fraction of sp³-hybridized carbons (Fsp3) is 0.304. The average Bonchev–Trinajstić information content (AvgIpc) is 3.54. The molecule has 2 aromatic carbocycles. The van der Waals surface area contributed by atoms with E-state index in [0.29, 0.717) is 23.7 Å². The van der Waals surface area contributed by atoms with Crippen LogP contribution >= 0.6 is 11.9 Å². The maximum Gasteiger partial charge on any atom is 0.191 e. The van der Waals surface area contributed by atoms with E-state index in [0.717, 1.165) is 41.1 Å². The number of benzene rings is 2. The number of aryl methyl sites for hydroxylation is 1. The average molecular weight is 452 g/mol. The molecule has 5 rings (SSSR count). The summed E-state index contributed by atoms with van der Waals surface area (Å²) < 4.78 is 22.2. The van der Waals surface area contributed by atoms with Crippen LogP contribution in [0.15, 0.2) is 45.9 Å². The molecule has 0 bridgehead atoms. The first kappa shape index (κ1) is 20.7. The molecule has 32 heavy (non-hydrogen) atoms. The Morgan fingerprint density at radius 1 is 1.12 bits per heavy atom. The van der Waals surface area contributed by atoms with Gasteiger partial charge in [-0.3, -0.25) is 4.68 Å². The molecule has 166 valence electrons. The van der Waals surface area contributed by atoms with Crippen molar-refractivity contribution in [1.29, 1.82) is 0 Å². The number of rotatable bonds is 8. The number of aromatic nitrogens is 3. The Bertz CT molecular complexity index is 1270. The second-order valence-corrected chi connectivity index (χ2v) is 8.47. The van der Waals surface area contributed by atoms with Gasteiger partial charge in [0.15, 0.2) is 11.4 Å². The highest BCUT2D eigenvalue weighted by molar-refractivity contribution is 8.00. The molecule has 0 aliphatic carbocycles. The van der Waals surface area contributed by atoms with Gasteiger partial charge in [-0.05, 0) is 53.8 Å². The highest BCUT2D eigenvalue weighted by Crippen LogP contribution is 2.37. The minimum absolute atomic E-state index is 0.613. The van der Waals surface area contributed by atoms with E-state index in [-0.39, 0.29) is 0 Å². The van der Waals surface area contributed by atoms with E-state index in [9.17, 15) is 0 Å². The lowest BCUT2D eigenvalue weighted by Gasteiger charge is -2.11. The molecule has 8 nitrogen and oxygen atoms in total. The maximum absolute atomic E-state index is 5.70. The lowest BCUT2D eigenvalue weighted by atomic mass is 10.1. The van der Waals surface area contributed by atoms with E-state index < -0.39 is 0 Å². The zero-order valence-corrected chi connectivity index (χ0v) is 19.1. The molecule has 0 saturated heterocycles. The molecule has 2 N–H and O–H groups in total. The van der Waals surface area contributed by atoms with Crippen LogP contribution in [0.5, 0.6) is 11.5 Å². The van der Waals surface area contributed by atoms with Crippen molar-refractivity contribution in [2.24, 2.45) is 0 Å². The minimum Gasteiger partial charge on any atom is -0.496 e. The van der Waals surface area contributed by atoms with E-state index in [1.807, 2.05) is 29.1 Å². The molecule has 1 aliphatic heterocycles. The molecule has 0 unspecified atom stereocenters. The summed E-state index contributed by atoms with van der Waals surface area (Å²) in [5, 5.41) is 12.9. The lowest BCUT2D eigenvalue weighted by molar-refractivity contribution is 0.404. The molecule has 4 aromatic rings. The summed E-state index contributed by atoms with van der Waals surface area (Å²) in [6.07, 6.45) is 2.89. The van der Waals surface area contributed by atoms with Crippen LogP contribution < -0.4 is 19.5 Å². The summed E-state index contributed by atoms with van der Waals surface area (Å²) in [5.41, 5.74) is 5.42. The SMILES string of the molecule is CCc1ccc(OC)c(SNc2noc3cc(Cn4ncc5c4CNC5)cc(OC)c23)c1. The van der Waals surface area contributed by atoms with Crippen molar-refractivity contribution in [1.82, 2.24) is 20.3 Å². The van der Waals surface area contributed by atoms with Gasteiger partial charge in [-0.25, -0.2) is 0 Å². The number of hydrogen-bond acceptors (Lipinski definition) is 8. The van der Waals surface area contributed by atoms with Gasteiger partial charge in [-0.2, -0.15) is 5.10 Å². The molecule has 1 aliphatic rings. The summed E-state index contributed by atoms with van der Waals surface area (Å²) in [6.45, 7) is 4.48. The van der Waals surface area contributed by atoms with E-state index in [1.54, 1.807) is 14.2 Å². The van der Waals surface area contributed by atoms with E-state index >= 15 is 0 Å². The van der Waals surface area contributed by atoms with Crippen molar-refractivity contribution in [3.8, 4) is 11.5 Å². The van der Waals surface area contributed by atoms with Crippen LogP contribution in [0.3, 0.4) is 0 Å². The number of anilines is 1. The molecule has 0 radical (unpaired) electrons. The van der Waals surface area contributed by atoms with Gasteiger partial charge >= 0.3 is 0 Å². The number of nitrogens with one attached hydrogen (secondary N) is 2. The third-order valence-electron chi connectivity index (χ3n) is 5.69. The Morgan fingerprint density at radius 2 is 2.00 bits per heavy atom. The first-order chi connectivity index (χ1) is 15.7. The highest BCUT2D eigenvalue weighted by atomic mass is 32.2. The highest BCUT2D eigenvalue weighted by Gasteiger charge is 2.19. The lowest BCUT2D eigenvalue weighted by Crippen LogP contribution is -2.09. The monoisotopic (exact) mass is 451 g/mol. The topological polar surface area (TPSA) is 86.4 Å². The molecule has 0 fully saturated rings. The number of ether oxygens (including phenoxy) is 2. The van der Waals surface area contributed by atoms with Gasteiger partial charge in [-0.1, -0.05) is 18.1 Å². The Hall–Kier alpha value is -3.17. The summed E-state index contributed by atoms with van der Waals surface area (Å²) in [7, 11) is 3.33. The Morgan fingerprint density at radius 3 is 2.81 bits per heavy atom. The molecule has 0 atom stereocenters. The molecule has 9 heteroatoms. The first-order valence-electron chi connectivity index (χ1n) is 10.5. The number of hydrogen-bond donors (Lipinski definition) is 2. The van der Waals surface area contributed by atoms with Crippen molar-refractivity contribution in [2.45, 2.75) is 37.9 Å². The van der Waals surface area contributed by atoms with Crippen LogP contribution in [0, 0.1) is 0 Å². The maximum atomic E-state index is 5.70. The minimum atomic E-state index is 0.613. The fourth-order valence-electron chi connectivity index (χ4n) is 3.96. The quantitative estimate of drug-likeness (QED) is 0.382. The molecule has 0 saturated carbocycles. The second-order valence-electron chi connectivity index (χ2n) is 7.62. The van der Waals surface area contributed by atoms with E-state index in [4.69, 9.17) is 14.0 Å². The van der Waals surface area contributed by atoms with E-state index in [2.05, 4.69) is 39.4 Å². The van der Waals surface area contributed by atoms with Crippen molar-refractivity contribution >= 4 is 28.7 Å². The molecular formula is C23H25N5O3S. The van der Waals surface area contributed by atoms with Crippen molar-refractivity contribution < 1.29 is 14.0 Å². The molecule has 3 heterocycles. The Balaban J connectivity index is 1.42. The van der Waals surface area contributed by atoms with Crippen LogP contribution in [0.25, 0.3) is 11.0 Å². The number of nitrogens with zero attached hydrogens (tertiary/aromatic N) is 3. The summed E-state index contributed by atoms with van der Waals surface area (Å²) >= 11 is 1.44. The van der Waals surface area contributed by atoms with Gasteiger partial charge in [0.05, 0.1) is 37.6 Å². The molecule has 0 amide bonds. The zero-order valence-electron chi connectivity index (χ0n) is 18.3. The predicted molar refractivity (Wildman–Crippen MR) is 124 cm³/mol. The first-order valence-corrected chi connectivity index (χ1v) is 11.3. The zero-order chi connectivity index (χ0) is 22.1. The fourth-order valence-corrected chi connectivity index (χ4v) is 4.77. The number of fused-ring (bicyclic) bond motifs is 2. The van der Waals surface area contributed by atoms with E-state index in [1.165, 1.54) is 28.8 Å². The third-order valence-corrected chi connectivity index (χ3v) is 6.52. The predicted octanol–water partition coefficient (Wildman–Crippen LogP) is 4.37. The number of methoxy groups -OCH3 is 2. The third kappa shape index (κ3) is 3.78. The summed E-state index contributed by atoms with van der Waals surface area (Å²) in [4.78, 5) is 0.986.